The molecule has 6 heteroatoms. The zero-order valence-electron chi connectivity index (χ0n) is 11.4. The van der Waals surface area contributed by atoms with Gasteiger partial charge in [0, 0.05) is 30.5 Å². The van der Waals surface area contributed by atoms with Gasteiger partial charge >= 0.3 is 0 Å². The van der Waals surface area contributed by atoms with E-state index < -0.39 is 0 Å². The van der Waals surface area contributed by atoms with Gasteiger partial charge in [-0.3, -0.25) is 0 Å². The van der Waals surface area contributed by atoms with Crippen molar-refractivity contribution in [2.75, 3.05) is 19.1 Å². The van der Waals surface area contributed by atoms with Crippen molar-refractivity contribution in [1.82, 2.24) is 4.98 Å². The molecule has 0 spiro atoms. The summed E-state index contributed by atoms with van der Waals surface area (Å²) in [7, 11) is 3.75. The Hall–Kier alpha value is -0.950. The lowest BCUT2D eigenvalue weighted by Gasteiger charge is -2.23. The molecule has 2 aromatic rings. The monoisotopic (exact) mass is 297 g/mol. The first-order valence-corrected chi connectivity index (χ1v) is 7.80. The van der Waals surface area contributed by atoms with E-state index in [0.29, 0.717) is 19.2 Å². The van der Waals surface area contributed by atoms with Crippen LogP contribution in [0.4, 0.5) is 5.13 Å². The predicted molar refractivity (Wildman–Crippen MR) is 81.9 cm³/mol. The molecule has 0 radical (unpaired) electrons. The number of nitrogens with zero attached hydrogens (tertiary/aromatic N) is 2. The van der Waals surface area contributed by atoms with E-state index in [2.05, 4.69) is 41.4 Å². The summed E-state index contributed by atoms with van der Waals surface area (Å²) in [6.45, 7) is 3.22. The Bertz CT molecular complexity index is 510. The highest BCUT2D eigenvalue weighted by molar-refractivity contribution is 7.15. The summed E-state index contributed by atoms with van der Waals surface area (Å²) >= 11 is 3.41. The number of hydrogen-bond acceptors (Lipinski definition) is 6. The first-order valence-electron chi connectivity index (χ1n) is 6.11. The van der Waals surface area contributed by atoms with E-state index in [4.69, 9.17) is 10.5 Å². The lowest BCUT2D eigenvalue weighted by atomic mass is 10.2. The second kappa shape index (κ2) is 6.47. The molecule has 1 atom stereocenters. The highest BCUT2D eigenvalue weighted by atomic mass is 32.1. The van der Waals surface area contributed by atoms with Crippen molar-refractivity contribution in [2.45, 2.75) is 26.1 Å². The van der Waals surface area contributed by atoms with Gasteiger partial charge in [0.25, 0.3) is 0 Å². The summed E-state index contributed by atoms with van der Waals surface area (Å²) in [5.41, 5.74) is 6.72. The third-order valence-electron chi connectivity index (χ3n) is 3.07. The van der Waals surface area contributed by atoms with Crippen LogP contribution in [-0.2, 0) is 17.9 Å². The van der Waals surface area contributed by atoms with Gasteiger partial charge in [0.05, 0.1) is 18.3 Å². The first-order chi connectivity index (χ1) is 9.17. The number of thiazole rings is 1. The number of rotatable bonds is 6. The van der Waals surface area contributed by atoms with Crippen LogP contribution in [0.25, 0.3) is 0 Å². The van der Waals surface area contributed by atoms with Crippen molar-refractivity contribution in [3.05, 3.63) is 33.0 Å². The predicted octanol–water partition coefficient (Wildman–Crippen LogP) is 3.01. The number of ether oxygens (including phenoxy) is 1. The van der Waals surface area contributed by atoms with E-state index in [1.807, 2.05) is 0 Å². The molecule has 0 aliphatic rings. The van der Waals surface area contributed by atoms with Gasteiger partial charge < -0.3 is 15.4 Å². The number of methoxy groups -OCH3 is 1. The van der Waals surface area contributed by atoms with Gasteiger partial charge in [-0.05, 0) is 18.4 Å². The Morgan fingerprint density at radius 1 is 1.53 bits per heavy atom. The summed E-state index contributed by atoms with van der Waals surface area (Å²) in [6.07, 6.45) is 0. The maximum atomic E-state index is 5.76. The van der Waals surface area contributed by atoms with E-state index in [1.165, 1.54) is 4.88 Å². The van der Waals surface area contributed by atoms with Gasteiger partial charge in [-0.15, -0.1) is 22.7 Å². The molecule has 2 heterocycles. The van der Waals surface area contributed by atoms with E-state index in [9.17, 15) is 0 Å². The Morgan fingerprint density at radius 3 is 2.89 bits per heavy atom. The van der Waals surface area contributed by atoms with Crippen LogP contribution in [0.3, 0.4) is 0 Å². The molecule has 2 N–H and O–H groups in total. The molecule has 0 fully saturated rings. The summed E-state index contributed by atoms with van der Waals surface area (Å²) in [5.74, 6) is 0. The molecule has 104 valence electrons. The Morgan fingerprint density at radius 2 is 2.32 bits per heavy atom. The smallest absolute Gasteiger partial charge is 0.186 e. The van der Waals surface area contributed by atoms with Crippen molar-refractivity contribution >= 4 is 27.8 Å². The Labute approximate surface area is 121 Å². The first kappa shape index (κ1) is 14.5. The second-order valence-corrected chi connectivity index (χ2v) is 6.35. The molecule has 19 heavy (non-hydrogen) atoms. The fourth-order valence-corrected chi connectivity index (χ4v) is 3.63. The summed E-state index contributed by atoms with van der Waals surface area (Å²) in [4.78, 5) is 9.27. The third kappa shape index (κ3) is 3.14. The molecule has 0 saturated carbocycles. The van der Waals surface area contributed by atoms with E-state index >= 15 is 0 Å². The number of aromatic nitrogens is 1. The Kier molecular flexibility index (Phi) is 4.93. The minimum atomic E-state index is 0.312. The average Bonchev–Trinajstić information content (AvgIpc) is 3.06. The van der Waals surface area contributed by atoms with E-state index in [0.717, 1.165) is 15.7 Å². The van der Waals surface area contributed by atoms with Crippen LogP contribution < -0.4 is 10.6 Å². The van der Waals surface area contributed by atoms with Crippen LogP contribution in [0.1, 0.15) is 28.4 Å². The van der Waals surface area contributed by atoms with Crippen LogP contribution in [0, 0.1) is 0 Å². The standard InChI is InChI=1S/C13H19N3OS2/c1-9(11-5-4-6-18-11)16(2)13-15-10(8-17-3)12(7-14)19-13/h4-6,9H,7-8,14H2,1-3H3. The minimum absolute atomic E-state index is 0.312. The van der Waals surface area contributed by atoms with Crippen molar-refractivity contribution < 1.29 is 4.74 Å². The minimum Gasteiger partial charge on any atom is -0.378 e. The maximum Gasteiger partial charge on any atom is 0.186 e. The summed E-state index contributed by atoms with van der Waals surface area (Å²) in [6, 6.07) is 4.54. The molecule has 0 bridgehead atoms. The largest absolute Gasteiger partial charge is 0.378 e. The van der Waals surface area contributed by atoms with Gasteiger partial charge in [-0.2, -0.15) is 0 Å². The molecule has 2 rings (SSSR count). The van der Waals surface area contributed by atoms with Gasteiger partial charge in [-0.1, -0.05) is 6.07 Å². The van der Waals surface area contributed by atoms with Crippen molar-refractivity contribution in [3.63, 3.8) is 0 Å². The average molecular weight is 297 g/mol. The van der Waals surface area contributed by atoms with Crippen LogP contribution in [0.5, 0.6) is 0 Å². The van der Waals surface area contributed by atoms with E-state index in [-0.39, 0.29) is 0 Å². The topological polar surface area (TPSA) is 51.4 Å². The molecule has 1 unspecified atom stereocenters. The number of hydrogen-bond donors (Lipinski definition) is 1. The fraction of sp³-hybridized carbons (Fsp3) is 0.462. The van der Waals surface area contributed by atoms with Crippen molar-refractivity contribution in [3.8, 4) is 0 Å². The maximum absolute atomic E-state index is 5.76. The van der Waals surface area contributed by atoms with E-state index in [1.54, 1.807) is 29.8 Å². The van der Waals surface area contributed by atoms with Crippen LogP contribution in [0.15, 0.2) is 17.5 Å². The molecule has 4 nitrogen and oxygen atoms in total. The summed E-state index contributed by atoms with van der Waals surface area (Å²) < 4.78 is 5.17. The molecular formula is C13H19N3OS2. The van der Waals surface area contributed by atoms with Crippen molar-refractivity contribution in [2.24, 2.45) is 5.73 Å². The molecule has 0 aromatic carbocycles. The van der Waals surface area contributed by atoms with Gasteiger partial charge in [0.2, 0.25) is 0 Å². The molecule has 2 aromatic heterocycles. The highest BCUT2D eigenvalue weighted by Gasteiger charge is 2.18. The third-order valence-corrected chi connectivity index (χ3v) is 5.32. The van der Waals surface area contributed by atoms with Crippen molar-refractivity contribution in [1.29, 1.82) is 0 Å². The molecule has 0 aliphatic heterocycles. The normalized spacial score (nSPS) is 12.6. The molecule has 0 amide bonds. The lowest BCUT2D eigenvalue weighted by molar-refractivity contribution is 0.181. The Balaban J connectivity index is 2.21. The second-order valence-electron chi connectivity index (χ2n) is 4.31. The molecular weight excluding hydrogens is 278 g/mol. The number of anilines is 1. The number of nitrogens with two attached hydrogens (primary N) is 1. The highest BCUT2D eigenvalue weighted by Crippen LogP contribution is 2.32. The number of thiophene rings is 1. The lowest BCUT2D eigenvalue weighted by Crippen LogP contribution is -2.20. The van der Waals surface area contributed by atoms with Gasteiger partial charge in [0.1, 0.15) is 0 Å². The van der Waals surface area contributed by atoms with Gasteiger partial charge in [-0.25, -0.2) is 4.98 Å². The van der Waals surface area contributed by atoms with Crippen LogP contribution >= 0.6 is 22.7 Å². The molecule has 0 aliphatic carbocycles. The quantitative estimate of drug-likeness (QED) is 0.890. The zero-order chi connectivity index (χ0) is 13.8. The summed E-state index contributed by atoms with van der Waals surface area (Å²) in [5, 5.41) is 3.09. The fourth-order valence-electron chi connectivity index (χ4n) is 1.82. The van der Waals surface area contributed by atoms with Gasteiger partial charge in [0.15, 0.2) is 5.13 Å². The van der Waals surface area contributed by atoms with Crippen LogP contribution in [0.2, 0.25) is 0 Å². The SMILES string of the molecule is COCc1nc(N(C)C(C)c2cccs2)sc1CN. The molecule has 0 saturated heterocycles. The van der Waals surface area contributed by atoms with Crippen LogP contribution in [-0.4, -0.2) is 19.1 Å². The zero-order valence-corrected chi connectivity index (χ0v) is 13.1.